The molecule has 3 rings (SSSR count). The van der Waals surface area contributed by atoms with Crippen molar-refractivity contribution >= 4 is 28.8 Å². The quantitative estimate of drug-likeness (QED) is 0.266. The van der Waals surface area contributed by atoms with Crippen molar-refractivity contribution in [3.05, 3.63) is 57.3 Å². The Labute approximate surface area is 187 Å². The molecule has 0 saturated carbocycles. The van der Waals surface area contributed by atoms with E-state index in [1.807, 2.05) is 24.4 Å². The number of Topliss-reactive ketones (excluding diaryl/α,β-unsaturated/α-hetero) is 1. The largest absolute Gasteiger partial charge is 0.507 e. The number of aryl methyl sites for hydroxylation is 1. The molecule has 2 heterocycles. The molecule has 0 spiro atoms. The van der Waals surface area contributed by atoms with Crippen molar-refractivity contribution < 1.29 is 24.2 Å². The molecule has 0 radical (unpaired) electrons. The van der Waals surface area contributed by atoms with Gasteiger partial charge >= 0.3 is 0 Å². The summed E-state index contributed by atoms with van der Waals surface area (Å²) in [5.41, 5.74) is 1.47. The molecule has 0 bridgehead atoms. The molecule has 7 heteroatoms. The second-order valence-corrected chi connectivity index (χ2v) is 9.02. The maximum Gasteiger partial charge on any atom is 0.295 e. The van der Waals surface area contributed by atoms with E-state index in [1.54, 1.807) is 25.3 Å². The molecule has 1 fully saturated rings. The summed E-state index contributed by atoms with van der Waals surface area (Å²) >= 11 is 1.46. The van der Waals surface area contributed by atoms with Crippen molar-refractivity contribution in [3.8, 4) is 5.75 Å². The van der Waals surface area contributed by atoms with Gasteiger partial charge in [-0.25, -0.2) is 0 Å². The topological polar surface area (TPSA) is 76.1 Å². The molecule has 2 aromatic rings. The van der Waals surface area contributed by atoms with E-state index in [2.05, 4.69) is 13.8 Å². The normalized spacial score (nSPS) is 18.2. The SMILES string of the molecule is COCCCN1C(=O)C(=O)C(=C(O)c2ccc(OCC(C)C)c(C)c2)C1c1cccs1. The molecule has 1 aliphatic heterocycles. The minimum atomic E-state index is -0.661. The Balaban J connectivity index is 2.00. The summed E-state index contributed by atoms with van der Waals surface area (Å²) in [6.45, 7) is 7.50. The van der Waals surface area contributed by atoms with Gasteiger partial charge in [0.05, 0.1) is 18.2 Å². The number of carbonyl (C=O) groups excluding carboxylic acids is 2. The predicted molar refractivity (Wildman–Crippen MR) is 121 cm³/mol. The van der Waals surface area contributed by atoms with E-state index in [-0.39, 0.29) is 11.3 Å². The smallest absolute Gasteiger partial charge is 0.295 e. The number of methoxy groups -OCH3 is 1. The van der Waals surface area contributed by atoms with Gasteiger partial charge in [-0.05, 0) is 54.5 Å². The standard InChI is InChI=1S/C24H29NO5S/c1-15(2)14-30-18-9-8-17(13-16(18)3)22(26)20-21(19-7-5-12-31-19)25(10-6-11-29-4)24(28)23(20)27/h5,7-9,12-13,15,21,26H,6,10-11,14H2,1-4H3. The number of rotatable bonds is 9. The minimum Gasteiger partial charge on any atom is -0.507 e. The van der Waals surface area contributed by atoms with E-state index in [0.717, 1.165) is 16.2 Å². The van der Waals surface area contributed by atoms with E-state index >= 15 is 0 Å². The fraction of sp³-hybridized carbons (Fsp3) is 0.417. The first-order valence-electron chi connectivity index (χ1n) is 10.4. The second-order valence-electron chi connectivity index (χ2n) is 8.04. The van der Waals surface area contributed by atoms with Crippen LogP contribution in [0, 0.1) is 12.8 Å². The molecule has 1 N–H and O–H groups in total. The van der Waals surface area contributed by atoms with Crippen LogP contribution >= 0.6 is 11.3 Å². The van der Waals surface area contributed by atoms with Crippen LogP contribution in [0.4, 0.5) is 0 Å². The van der Waals surface area contributed by atoms with Crippen LogP contribution in [0.3, 0.4) is 0 Å². The highest BCUT2D eigenvalue weighted by molar-refractivity contribution is 7.10. The second kappa shape index (κ2) is 10.1. The molecule has 1 unspecified atom stereocenters. The van der Waals surface area contributed by atoms with Crippen LogP contribution < -0.4 is 4.74 Å². The number of thiophene rings is 1. The van der Waals surface area contributed by atoms with Crippen LogP contribution in [0.15, 0.2) is 41.3 Å². The van der Waals surface area contributed by atoms with Gasteiger partial charge in [0, 0.05) is 30.7 Å². The molecule has 6 nitrogen and oxygen atoms in total. The summed E-state index contributed by atoms with van der Waals surface area (Å²) in [6.07, 6.45) is 0.604. The van der Waals surface area contributed by atoms with E-state index < -0.39 is 17.7 Å². The summed E-state index contributed by atoms with van der Waals surface area (Å²) in [6, 6.07) is 8.46. The van der Waals surface area contributed by atoms with Gasteiger partial charge in [0.1, 0.15) is 11.5 Å². The Bertz CT molecular complexity index is 964. The number of nitrogens with zero attached hydrogens (tertiary/aromatic N) is 1. The maximum atomic E-state index is 12.9. The first kappa shape index (κ1) is 23.0. The van der Waals surface area contributed by atoms with Gasteiger partial charge in [0.25, 0.3) is 11.7 Å². The Morgan fingerprint density at radius 3 is 2.65 bits per heavy atom. The molecule has 166 valence electrons. The summed E-state index contributed by atoms with van der Waals surface area (Å²) in [7, 11) is 1.60. The average Bonchev–Trinajstić information content (AvgIpc) is 3.35. The van der Waals surface area contributed by atoms with Crippen molar-refractivity contribution in [2.75, 3.05) is 26.9 Å². The third-order valence-corrected chi connectivity index (χ3v) is 6.05. The Hall–Kier alpha value is -2.64. The molecule has 1 atom stereocenters. The molecular formula is C24H29NO5S. The summed E-state index contributed by atoms with van der Waals surface area (Å²) in [5, 5.41) is 13.0. The highest BCUT2D eigenvalue weighted by Crippen LogP contribution is 2.41. The molecule has 1 saturated heterocycles. The van der Waals surface area contributed by atoms with E-state index in [9.17, 15) is 14.7 Å². The number of aliphatic hydroxyl groups excluding tert-OH is 1. The molecule has 31 heavy (non-hydrogen) atoms. The van der Waals surface area contributed by atoms with E-state index in [1.165, 1.54) is 16.2 Å². The monoisotopic (exact) mass is 443 g/mol. The third kappa shape index (κ3) is 4.99. The van der Waals surface area contributed by atoms with Crippen LogP contribution in [0.25, 0.3) is 5.76 Å². The number of benzene rings is 1. The fourth-order valence-corrected chi connectivity index (χ4v) is 4.45. The van der Waals surface area contributed by atoms with Gasteiger partial charge in [-0.2, -0.15) is 0 Å². The van der Waals surface area contributed by atoms with Gasteiger partial charge in [0.2, 0.25) is 0 Å². The highest BCUT2D eigenvalue weighted by atomic mass is 32.1. The number of hydrogen-bond donors (Lipinski definition) is 1. The number of ether oxygens (including phenoxy) is 2. The van der Waals surface area contributed by atoms with Crippen molar-refractivity contribution in [3.63, 3.8) is 0 Å². The predicted octanol–water partition coefficient (Wildman–Crippen LogP) is 4.55. The number of carbonyl (C=O) groups is 2. The molecule has 1 aromatic carbocycles. The molecule has 0 aliphatic carbocycles. The number of amides is 1. The lowest BCUT2D eigenvalue weighted by atomic mass is 9.98. The average molecular weight is 444 g/mol. The molecule has 1 amide bonds. The molecule has 1 aliphatic rings. The number of likely N-dealkylation sites (tertiary alicyclic amines) is 1. The summed E-state index contributed by atoms with van der Waals surface area (Å²) in [5.74, 6) is -0.285. The lowest BCUT2D eigenvalue weighted by Crippen LogP contribution is -2.31. The lowest BCUT2D eigenvalue weighted by molar-refractivity contribution is -0.140. The first-order valence-corrected chi connectivity index (χ1v) is 11.3. The molecular weight excluding hydrogens is 414 g/mol. The minimum absolute atomic E-state index is 0.125. The lowest BCUT2D eigenvalue weighted by Gasteiger charge is -2.24. The van der Waals surface area contributed by atoms with Gasteiger partial charge in [-0.1, -0.05) is 19.9 Å². The Morgan fingerprint density at radius 2 is 2.03 bits per heavy atom. The van der Waals surface area contributed by atoms with Crippen LogP contribution in [0.5, 0.6) is 5.75 Å². The summed E-state index contributed by atoms with van der Waals surface area (Å²) in [4.78, 5) is 28.1. The van der Waals surface area contributed by atoms with Crippen LogP contribution in [0.1, 0.15) is 42.3 Å². The zero-order valence-electron chi connectivity index (χ0n) is 18.4. The van der Waals surface area contributed by atoms with Gasteiger partial charge in [-0.15, -0.1) is 11.3 Å². The van der Waals surface area contributed by atoms with Gasteiger partial charge in [-0.3, -0.25) is 9.59 Å². The maximum absolute atomic E-state index is 12.9. The van der Waals surface area contributed by atoms with E-state index in [4.69, 9.17) is 9.47 Å². The van der Waals surface area contributed by atoms with Crippen LogP contribution in [-0.2, 0) is 14.3 Å². The van der Waals surface area contributed by atoms with Crippen LogP contribution in [-0.4, -0.2) is 48.6 Å². The van der Waals surface area contributed by atoms with E-state index in [0.29, 0.717) is 37.7 Å². The van der Waals surface area contributed by atoms with Gasteiger partial charge < -0.3 is 19.5 Å². The number of hydrogen-bond acceptors (Lipinski definition) is 6. The van der Waals surface area contributed by atoms with Crippen molar-refractivity contribution in [1.29, 1.82) is 0 Å². The van der Waals surface area contributed by atoms with Crippen molar-refractivity contribution in [2.24, 2.45) is 5.92 Å². The van der Waals surface area contributed by atoms with Gasteiger partial charge in [0.15, 0.2) is 0 Å². The Kier molecular flexibility index (Phi) is 7.51. The third-order valence-electron chi connectivity index (χ3n) is 5.12. The number of ketones is 1. The fourth-order valence-electron chi connectivity index (χ4n) is 3.60. The van der Waals surface area contributed by atoms with Crippen LogP contribution in [0.2, 0.25) is 0 Å². The highest BCUT2D eigenvalue weighted by Gasteiger charge is 2.46. The zero-order chi connectivity index (χ0) is 22.5. The number of aliphatic hydroxyl groups is 1. The summed E-state index contributed by atoms with van der Waals surface area (Å²) < 4.78 is 10.9. The Morgan fingerprint density at radius 1 is 1.26 bits per heavy atom. The zero-order valence-corrected chi connectivity index (χ0v) is 19.2. The van der Waals surface area contributed by atoms with Crippen molar-refractivity contribution in [1.82, 2.24) is 4.90 Å². The molecule has 1 aromatic heterocycles. The van der Waals surface area contributed by atoms with Crippen molar-refractivity contribution in [2.45, 2.75) is 33.2 Å². The first-order chi connectivity index (χ1) is 14.8.